The van der Waals surface area contributed by atoms with Gasteiger partial charge in [-0.3, -0.25) is 0 Å². The number of epoxide rings is 2. The van der Waals surface area contributed by atoms with E-state index < -0.39 is 0 Å². The topological polar surface area (TPSA) is 43.5 Å². The monoisotopic (exact) mass is 334 g/mol. The van der Waals surface area contributed by atoms with Gasteiger partial charge in [0, 0.05) is 26.4 Å². The Hall–Kier alpha value is -0.160. The first-order valence-electron chi connectivity index (χ1n) is 10.3. The summed E-state index contributed by atoms with van der Waals surface area (Å²) in [7, 11) is 0. The van der Waals surface area contributed by atoms with Crippen LogP contribution in [0.5, 0.6) is 0 Å². The van der Waals surface area contributed by atoms with Crippen LogP contribution in [0.3, 0.4) is 0 Å². The highest BCUT2D eigenvalue weighted by Crippen LogP contribution is 2.59. The second-order valence-corrected chi connectivity index (χ2v) is 9.30. The number of ether oxygens (including phenoxy) is 4. The molecule has 6 fully saturated rings. The van der Waals surface area contributed by atoms with Gasteiger partial charge in [-0.2, -0.15) is 0 Å². The second kappa shape index (κ2) is 5.67. The molecule has 6 rings (SSSR count). The minimum atomic E-state index is 0.618. The maximum absolute atomic E-state index is 5.95. The van der Waals surface area contributed by atoms with E-state index in [1.165, 1.54) is 25.7 Å². The summed E-state index contributed by atoms with van der Waals surface area (Å²) in [5.74, 6) is 4.93. The Balaban J connectivity index is 0.816. The van der Waals surface area contributed by atoms with Crippen molar-refractivity contribution in [1.82, 2.24) is 0 Å². The Morgan fingerprint density at radius 2 is 1.12 bits per heavy atom. The standard InChI is InChI=1S/C20H30O4/c1(3-21-9-13-5-11-7-15(13)19-17(11)23-19)2-4-22-10-14-6-12-8-16(14)20-18(12)24-20/h11-20H,1-10H2. The van der Waals surface area contributed by atoms with Crippen molar-refractivity contribution in [3.05, 3.63) is 0 Å². The molecule has 0 radical (unpaired) electrons. The molecule has 4 aliphatic carbocycles. The molecule has 2 aliphatic heterocycles. The minimum absolute atomic E-state index is 0.618. The summed E-state index contributed by atoms with van der Waals surface area (Å²) in [6.07, 6.45) is 10.3. The van der Waals surface area contributed by atoms with Gasteiger partial charge in [-0.05, 0) is 74.0 Å². The van der Waals surface area contributed by atoms with Crippen LogP contribution in [-0.4, -0.2) is 50.8 Å². The molecule has 0 amide bonds. The number of unbranched alkanes of at least 4 members (excludes halogenated alkanes) is 1. The van der Waals surface area contributed by atoms with Crippen LogP contribution in [0.2, 0.25) is 0 Å². The van der Waals surface area contributed by atoms with Crippen molar-refractivity contribution in [1.29, 1.82) is 0 Å². The van der Waals surface area contributed by atoms with Gasteiger partial charge in [0.25, 0.3) is 0 Å². The molecule has 4 bridgehead atoms. The summed E-state index contributed by atoms with van der Waals surface area (Å²) < 4.78 is 23.4. The first-order chi connectivity index (χ1) is 11.9. The maximum Gasteiger partial charge on any atom is 0.0876 e. The molecule has 0 aromatic carbocycles. The molecule has 10 unspecified atom stereocenters. The lowest BCUT2D eigenvalue weighted by Crippen LogP contribution is -2.23. The lowest BCUT2D eigenvalue weighted by Gasteiger charge is -2.19. The fourth-order valence-corrected chi connectivity index (χ4v) is 6.73. The molecule has 134 valence electrons. The number of hydrogen-bond donors (Lipinski definition) is 0. The van der Waals surface area contributed by atoms with E-state index in [-0.39, 0.29) is 0 Å². The van der Waals surface area contributed by atoms with Crippen LogP contribution < -0.4 is 0 Å². The first-order valence-corrected chi connectivity index (χ1v) is 10.3. The van der Waals surface area contributed by atoms with E-state index >= 15 is 0 Å². The largest absolute Gasteiger partial charge is 0.381 e. The van der Waals surface area contributed by atoms with Gasteiger partial charge < -0.3 is 18.9 Å². The van der Waals surface area contributed by atoms with E-state index in [1.807, 2.05) is 0 Å². The van der Waals surface area contributed by atoms with E-state index in [0.717, 1.165) is 74.8 Å². The summed E-state index contributed by atoms with van der Waals surface area (Å²) in [6, 6.07) is 0. The highest BCUT2D eigenvalue weighted by Gasteiger charge is 2.63. The fraction of sp³-hybridized carbons (Fsp3) is 1.00. The predicted octanol–water partition coefficient (Wildman–Crippen LogP) is 2.65. The molecule has 24 heavy (non-hydrogen) atoms. The van der Waals surface area contributed by atoms with Crippen LogP contribution >= 0.6 is 0 Å². The molecule has 6 aliphatic rings. The molecule has 4 nitrogen and oxygen atoms in total. The van der Waals surface area contributed by atoms with Crippen molar-refractivity contribution in [3.63, 3.8) is 0 Å². The van der Waals surface area contributed by atoms with Gasteiger partial charge in [-0.25, -0.2) is 0 Å². The zero-order valence-electron chi connectivity index (χ0n) is 14.5. The maximum atomic E-state index is 5.95. The van der Waals surface area contributed by atoms with Crippen molar-refractivity contribution in [2.45, 2.75) is 62.9 Å². The van der Waals surface area contributed by atoms with Gasteiger partial charge in [-0.1, -0.05) is 0 Å². The Labute approximate surface area is 144 Å². The van der Waals surface area contributed by atoms with E-state index in [4.69, 9.17) is 18.9 Å². The number of hydrogen-bond acceptors (Lipinski definition) is 4. The molecule has 4 heteroatoms. The van der Waals surface area contributed by atoms with E-state index in [9.17, 15) is 0 Å². The normalized spacial score (nSPS) is 55.0. The summed E-state index contributed by atoms with van der Waals surface area (Å²) in [4.78, 5) is 0. The second-order valence-electron chi connectivity index (χ2n) is 9.30. The molecule has 0 N–H and O–H groups in total. The smallest absolute Gasteiger partial charge is 0.0876 e. The molecule has 2 saturated heterocycles. The quantitative estimate of drug-likeness (QED) is 0.480. The highest BCUT2D eigenvalue weighted by atomic mass is 16.6. The molecule has 4 saturated carbocycles. The van der Waals surface area contributed by atoms with Gasteiger partial charge in [0.2, 0.25) is 0 Å². The summed E-state index contributed by atoms with van der Waals surface area (Å²) in [5.41, 5.74) is 0. The van der Waals surface area contributed by atoms with Crippen LogP contribution in [0.1, 0.15) is 38.5 Å². The average molecular weight is 334 g/mol. The third-order valence-corrected chi connectivity index (χ3v) is 7.96. The molecule has 10 atom stereocenters. The van der Waals surface area contributed by atoms with Crippen molar-refractivity contribution in [2.75, 3.05) is 26.4 Å². The number of fused-ring (bicyclic) bond motifs is 10. The van der Waals surface area contributed by atoms with Gasteiger partial charge >= 0.3 is 0 Å². The summed E-state index contributed by atoms with van der Waals surface area (Å²) in [6.45, 7) is 3.72. The Bertz CT molecular complexity index is 452. The zero-order valence-corrected chi connectivity index (χ0v) is 14.5. The van der Waals surface area contributed by atoms with Crippen molar-refractivity contribution in [3.8, 4) is 0 Å². The Morgan fingerprint density at radius 3 is 1.54 bits per heavy atom. The van der Waals surface area contributed by atoms with Crippen LogP contribution in [0.4, 0.5) is 0 Å². The fourth-order valence-electron chi connectivity index (χ4n) is 6.73. The Kier molecular flexibility index (Phi) is 3.53. The van der Waals surface area contributed by atoms with Crippen molar-refractivity contribution >= 4 is 0 Å². The van der Waals surface area contributed by atoms with E-state index in [0.29, 0.717) is 24.4 Å². The molecule has 0 aromatic heterocycles. The van der Waals surface area contributed by atoms with E-state index in [1.54, 1.807) is 0 Å². The minimum Gasteiger partial charge on any atom is -0.381 e. The Morgan fingerprint density at radius 1 is 0.625 bits per heavy atom. The predicted molar refractivity (Wildman–Crippen MR) is 87.6 cm³/mol. The third kappa shape index (κ3) is 2.40. The molecular formula is C20H30O4. The summed E-state index contributed by atoms with van der Waals surface area (Å²) in [5, 5.41) is 0. The highest BCUT2D eigenvalue weighted by molar-refractivity contribution is 5.11. The van der Waals surface area contributed by atoms with Gasteiger partial charge in [0.05, 0.1) is 24.4 Å². The van der Waals surface area contributed by atoms with Crippen LogP contribution in [-0.2, 0) is 18.9 Å². The first kappa shape index (κ1) is 15.0. The van der Waals surface area contributed by atoms with E-state index in [2.05, 4.69) is 0 Å². The molecule has 0 spiro atoms. The SMILES string of the molecule is C(CCOCC1CC2CC1C1OC21)COCC1CC2CC1C1OC21. The third-order valence-electron chi connectivity index (χ3n) is 7.96. The molecule has 0 aromatic rings. The van der Waals surface area contributed by atoms with Crippen LogP contribution in [0, 0.1) is 35.5 Å². The van der Waals surface area contributed by atoms with Gasteiger partial charge in [0.1, 0.15) is 0 Å². The molecular weight excluding hydrogens is 304 g/mol. The molecule has 2 heterocycles. The lowest BCUT2D eigenvalue weighted by atomic mass is 9.89. The van der Waals surface area contributed by atoms with Crippen molar-refractivity contribution in [2.24, 2.45) is 35.5 Å². The van der Waals surface area contributed by atoms with Crippen LogP contribution in [0.25, 0.3) is 0 Å². The van der Waals surface area contributed by atoms with Gasteiger partial charge in [-0.15, -0.1) is 0 Å². The van der Waals surface area contributed by atoms with Gasteiger partial charge in [0.15, 0.2) is 0 Å². The zero-order chi connectivity index (χ0) is 15.7. The van der Waals surface area contributed by atoms with Crippen LogP contribution in [0.15, 0.2) is 0 Å². The van der Waals surface area contributed by atoms with Crippen molar-refractivity contribution < 1.29 is 18.9 Å². The average Bonchev–Trinajstić information content (AvgIpc) is 3.43. The summed E-state index contributed by atoms with van der Waals surface area (Å²) >= 11 is 0. The lowest BCUT2D eigenvalue weighted by molar-refractivity contribution is 0.0564. The number of rotatable bonds is 9.